The molecule has 0 heterocycles. The van der Waals surface area contributed by atoms with Crippen LogP contribution in [0.3, 0.4) is 0 Å². The van der Waals surface area contributed by atoms with Gasteiger partial charge in [0.05, 0.1) is 0 Å². The van der Waals surface area contributed by atoms with Crippen molar-refractivity contribution in [2.45, 2.75) is 40.5 Å². The molecule has 0 bridgehead atoms. The van der Waals surface area contributed by atoms with Gasteiger partial charge in [0.2, 0.25) is 0 Å². The van der Waals surface area contributed by atoms with E-state index in [-0.39, 0.29) is 0 Å². The van der Waals surface area contributed by atoms with Crippen LogP contribution < -0.4 is 0 Å². The molecule has 13 heteroatoms. The van der Waals surface area contributed by atoms with Gasteiger partial charge in [-0.1, -0.05) is 0 Å². The van der Waals surface area contributed by atoms with E-state index in [2.05, 4.69) is 0 Å². The number of rotatable bonds is 5. The molecule has 0 atom stereocenters. The first-order valence-electron chi connectivity index (χ1n) is 4.21. The normalized spacial score (nSPS) is 16.5. The summed E-state index contributed by atoms with van der Waals surface area (Å²) in [6, 6.07) is 0. The topological polar surface area (TPSA) is 0 Å². The van der Waals surface area contributed by atoms with E-state index >= 15 is 0 Å². The molecule has 0 amide bonds. The molecule has 20 heavy (non-hydrogen) atoms. The molecule has 122 valence electrons. The fourth-order valence-electron chi connectivity index (χ4n) is 0.848. The highest BCUT2D eigenvalue weighted by atomic mass is 127. The quantitative estimate of drug-likeness (QED) is 0.312. The minimum absolute atomic E-state index is 0.695. The van der Waals surface area contributed by atoms with Gasteiger partial charge in [0.15, 0.2) is 0 Å². The van der Waals surface area contributed by atoms with Gasteiger partial charge in [-0.2, -0.15) is 52.7 Å². The van der Waals surface area contributed by atoms with E-state index in [1.807, 2.05) is 0 Å². The Morgan fingerprint density at radius 2 is 0.750 bits per heavy atom. The van der Waals surface area contributed by atoms with E-state index in [1.165, 1.54) is 0 Å². The maximum absolute atomic E-state index is 12.7. The summed E-state index contributed by atoms with van der Waals surface area (Å²) in [5.74, 6) is -34.7. The van der Waals surface area contributed by atoms with Crippen LogP contribution in [0.5, 0.6) is 0 Å². The lowest BCUT2D eigenvalue weighted by Gasteiger charge is -2.39. The highest BCUT2D eigenvalue weighted by Gasteiger charge is 2.89. The molecule has 0 aliphatic carbocycles. The van der Waals surface area contributed by atoms with Crippen molar-refractivity contribution in [2.75, 3.05) is 0 Å². The number of hydrogen-bond donors (Lipinski definition) is 0. The van der Waals surface area contributed by atoms with Crippen LogP contribution in [-0.4, -0.2) is 33.5 Å². The van der Waals surface area contributed by atoms with Crippen LogP contribution >= 0.6 is 22.6 Å². The molecule has 0 N–H and O–H groups in total. The van der Waals surface area contributed by atoms with Crippen molar-refractivity contribution < 1.29 is 52.7 Å². The van der Waals surface area contributed by atoms with Crippen molar-refractivity contribution in [1.82, 2.24) is 0 Å². The third kappa shape index (κ3) is 2.53. The van der Waals surface area contributed by atoms with Crippen molar-refractivity contribution in [2.24, 2.45) is 0 Å². The minimum Gasteiger partial charge on any atom is -0.200 e. The molecule has 0 saturated heterocycles. The molecule has 0 unspecified atom stereocenters. The predicted molar refractivity (Wildman–Crippen MR) is 49.4 cm³/mol. The standard InChI is InChI=1S/C7H3F12I/c1-2(8,9)3(10,11)4(12,13)5(14,15)6(16,17)7(18,19)20/h1H3. The second-order valence-electron chi connectivity index (χ2n) is 3.68. The fraction of sp³-hybridized carbons (Fsp3) is 1.00. The Balaban J connectivity index is 6.08. The van der Waals surface area contributed by atoms with Crippen molar-refractivity contribution in [3.63, 3.8) is 0 Å². The SMILES string of the molecule is CC(F)(F)C(F)(F)C(F)(F)C(F)(F)C(F)(F)C(F)(F)I. The van der Waals surface area contributed by atoms with Crippen LogP contribution in [0.15, 0.2) is 0 Å². The summed E-state index contributed by atoms with van der Waals surface area (Å²) in [4.78, 5) is 0. The monoisotopic (exact) mass is 442 g/mol. The maximum atomic E-state index is 12.7. The first-order valence-corrected chi connectivity index (χ1v) is 5.29. The molecule has 0 radical (unpaired) electrons. The highest BCUT2D eigenvalue weighted by molar-refractivity contribution is 14.1. The van der Waals surface area contributed by atoms with E-state index in [4.69, 9.17) is 0 Å². The van der Waals surface area contributed by atoms with Crippen molar-refractivity contribution in [1.29, 1.82) is 0 Å². The van der Waals surface area contributed by atoms with Crippen LogP contribution in [0, 0.1) is 0 Å². The van der Waals surface area contributed by atoms with E-state index in [0.29, 0.717) is 0 Å². The van der Waals surface area contributed by atoms with Gasteiger partial charge >= 0.3 is 33.5 Å². The highest BCUT2D eigenvalue weighted by Crippen LogP contribution is 2.60. The molecular formula is C7H3F12I. The maximum Gasteiger partial charge on any atom is 0.387 e. The summed E-state index contributed by atoms with van der Waals surface area (Å²) in [6.07, 6.45) is 0. The molecule has 0 aliphatic heterocycles. The summed E-state index contributed by atoms with van der Waals surface area (Å²) >= 11 is -0.695. The molecular weight excluding hydrogens is 439 g/mol. The zero-order valence-electron chi connectivity index (χ0n) is 8.91. The van der Waals surface area contributed by atoms with Gasteiger partial charge in [-0.3, -0.25) is 0 Å². The van der Waals surface area contributed by atoms with E-state index in [0.717, 1.165) is 0 Å². The summed E-state index contributed by atoms with van der Waals surface area (Å²) in [5.41, 5.74) is 0. The van der Waals surface area contributed by atoms with Gasteiger partial charge in [-0.15, -0.1) is 0 Å². The fourth-order valence-corrected chi connectivity index (χ4v) is 1.19. The third-order valence-corrected chi connectivity index (χ3v) is 2.77. The Morgan fingerprint density at radius 3 is 0.950 bits per heavy atom. The molecule has 0 saturated carbocycles. The second-order valence-corrected chi connectivity index (χ2v) is 5.04. The summed E-state index contributed by atoms with van der Waals surface area (Å²) in [6.45, 7) is -0.947. The summed E-state index contributed by atoms with van der Waals surface area (Å²) in [5, 5.41) is 0. The summed E-state index contributed by atoms with van der Waals surface area (Å²) < 4.78 is 144. The van der Waals surface area contributed by atoms with E-state index < -0.39 is 63.1 Å². The van der Waals surface area contributed by atoms with Crippen molar-refractivity contribution in [3.05, 3.63) is 0 Å². The Bertz CT molecular complexity index is 325. The molecule has 0 spiro atoms. The van der Waals surface area contributed by atoms with Gasteiger partial charge in [-0.05, 0) is 0 Å². The molecule has 0 aromatic rings. The third-order valence-electron chi connectivity index (χ3n) is 2.09. The lowest BCUT2D eigenvalue weighted by molar-refractivity contribution is -0.412. The van der Waals surface area contributed by atoms with Crippen LogP contribution in [-0.2, 0) is 0 Å². The van der Waals surface area contributed by atoms with Gasteiger partial charge in [0, 0.05) is 29.5 Å². The Hall–Kier alpha value is -0.110. The van der Waals surface area contributed by atoms with Crippen LogP contribution in [0.25, 0.3) is 0 Å². The zero-order chi connectivity index (χ0) is 17.0. The first kappa shape index (κ1) is 19.9. The van der Waals surface area contributed by atoms with Crippen molar-refractivity contribution in [3.8, 4) is 0 Å². The van der Waals surface area contributed by atoms with E-state index in [9.17, 15) is 52.7 Å². The average Bonchev–Trinajstić information content (AvgIpc) is 2.12. The van der Waals surface area contributed by atoms with Gasteiger partial charge < -0.3 is 0 Å². The Kier molecular flexibility index (Phi) is 4.67. The number of hydrogen-bond acceptors (Lipinski definition) is 0. The van der Waals surface area contributed by atoms with Gasteiger partial charge in [0.25, 0.3) is 0 Å². The Morgan fingerprint density at radius 1 is 0.500 bits per heavy atom. The van der Waals surface area contributed by atoms with Crippen molar-refractivity contribution >= 4 is 22.6 Å². The molecule has 0 fully saturated rings. The smallest absolute Gasteiger partial charge is 0.200 e. The number of halogens is 13. The largest absolute Gasteiger partial charge is 0.387 e. The molecule has 0 aromatic heterocycles. The van der Waals surface area contributed by atoms with Crippen LogP contribution in [0.2, 0.25) is 0 Å². The minimum atomic E-state index is -7.44. The van der Waals surface area contributed by atoms with E-state index in [1.54, 1.807) is 0 Å². The van der Waals surface area contributed by atoms with Crippen LogP contribution in [0.4, 0.5) is 52.7 Å². The number of alkyl halides is 13. The first-order chi connectivity index (χ1) is 8.25. The summed E-state index contributed by atoms with van der Waals surface area (Å²) in [7, 11) is 0. The second kappa shape index (κ2) is 4.69. The lowest BCUT2D eigenvalue weighted by atomic mass is 9.95. The molecule has 0 aliphatic rings. The van der Waals surface area contributed by atoms with Gasteiger partial charge in [-0.25, -0.2) is 0 Å². The molecule has 0 aromatic carbocycles. The zero-order valence-corrected chi connectivity index (χ0v) is 11.1. The average molecular weight is 442 g/mol. The van der Waals surface area contributed by atoms with Gasteiger partial charge in [0.1, 0.15) is 0 Å². The molecule has 0 rings (SSSR count). The van der Waals surface area contributed by atoms with Crippen LogP contribution in [0.1, 0.15) is 6.92 Å². The molecule has 0 nitrogen and oxygen atoms in total. The lowest BCUT2D eigenvalue weighted by Crippen LogP contribution is -2.69. The Labute approximate surface area is 116 Å². The predicted octanol–water partition coefficient (Wildman–Crippen LogP) is 5.21.